The van der Waals surface area contributed by atoms with E-state index in [-0.39, 0.29) is 49.0 Å². The number of amides is 2. The van der Waals surface area contributed by atoms with Crippen molar-refractivity contribution in [2.24, 2.45) is 0 Å². The fourth-order valence-corrected chi connectivity index (χ4v) is 4.95. The number of aliphatic hydroxyl groups is 1. The minimum absolute atomic E-state index is 0.138. The minimum atomic E-state index is -4.93. The van der Waals surface area contributed by atoms with Gasteiger partial charge in [0.15, 0.2) is 5.72 Å². The lowest BCUT2D eigenvalue weighted by Crippen LogP contribution is -2.41. The topological polar surface area (TPSA) is 107 Å². The number of fused-ring (bicyclic) bond motifs is 3. The third-order valence-electron chi connectivity index (χ3n) is 5.75. The van der Waals surface area contributed by atoms with Gasteiger partial charge in [0.1, 0.15) is 16.2 Å². The summed E-state index contributed by atoms with van der Waals surface area (Å²) in [6.07, 6.45) is -4.93. The SMILES string of the molecule is O=C(Nc1cc2[nH]nc(Br)c2c2c1C(O)(c1cc(F)ccc1Cl)NC2=O)c1cc(F)cc(C(F)(F)F)c1. The number of nitrogens with one attached hydrogen (secondary N) is 3. The van der Waals surface area contributed by atoms with Gasteiger partial charge in [-0.1, -0.05) is 11.6 Å². The van der Waals surface area contributed by atoms with E-state index in [4.69, 9.17) is 11.6 Å². The standard InChI is InChI=1S/C23H11BrClF5N4O3/c24-19-16-14(33-34-19)7-15(31-20(35)8-3-9(23(28,29)30)5-11(27)4-8)18-17(16)21(36)32-22(18,37)12-6-10(26)1-2-13(12)25/h1-7,37H,(H,31,35)(H,32,36)(H,33,34). The molecule has 190 valence electrons. The monoisotopic (exact) mass is 600 g/mol. The van der Waals surface area contributed by atoms with Crippen molar-refractivity contribution >= 4 is 55.9 Å². The first kappa shape index (κ1) is 25.1. The largest absolute Gasteiger partial charge is 0.416 e. The van der Waals surface area contributed by atoms with Gasteiger partial charge in [-0.2, -0.15) is 18.3 Å². The first-order valence-electron chi connectivity index (χ1n) is 10.2. The molecule has 4 aromatic rings. The molecule has 5 rings (SSSR count). The molecule has 1 unspecified atom stereocenters. The van der Waals surface area contributed by atoms with E-state index in [1.165, 1.54) is 6.07 Å². The van der Waals surface area contributed by atoms with Crippen molar-refractivity contribution in [1.82, 2.24) is 15.5 Å². The number of aromatic amines is 1. The third-order valence-corrected chi connectivity index (χ3v) is 6.65. The number of alkyl halides is 3. The van der Waals surface area contributed by atoms with E-state index < -0.39 is 46.5 Å². The number of carbonyl (C=O) groups excluding carboxylic acids is 2. The molecule has 4 N–H and O–H groups in total. The lowest BCUT2D eigenvalue weighted by molar-refractivity contribution is -0.137. The summed E-state index contributed by atoms with van der Waals surface area (Å²) < 4.78 is 67.7. The molecule has 0 spiro atoms. The fraction of sp³-hybridized carbons (Fsp3) is 0.0870. The predicted molar refractivity (Wildman–Crippen MR) is 125 cm³/mol. The molecule has 0 bridgehead atoms. The van der Waals surface area contributed by atoms with Crippen LogP contribution in [0.2, 0.25) is 5.02 Å². The van der Waals surface area contributed by atoms with E-state index in [0.29, 0.717) is 12.1 Å². The molecular formula is C23H11BrClF5N4O3. The van der Waals surface area contributed by atoms with Crippen LogP contribution >= 0.6 is 27.5 Å². The molecule has 0 fully saturated rings. The first-order chi connectivity index (χ1) is 17.3. The van der Waals surface area contributed by atoms with Gasteiger partial charge in [-0.05, 0) is 58.4 Å². The Balaban J connectivity index is 1.72. The van der Waals surface area contributed by atoms with Crippen LogP contribution in [0.1, 0.15) is 37.4 Å². The summed E-state index contributed by atoms with van der Waals surface area (Å²) in [6.45, 7) is 0. The summed E-state index contributed by atoms with van der Waals surface area (Å²) in [5, 5.41) is 22.9. The van der Waals surface area contributed by atoms with Crippen LogP contribution in [0, 0.1) is 11.6 Å². The van der Waals surface area contributed by atoms with Crippen LogP contribution in [0.15, 0.2) is 47.1 Å². The summed E-state index contributed by atoms with van der Waals surface area (Å²) in [6, 6.07) is 5.57. The number of aromatic nitrogens is 2. The Morgan fingerprint density at radius 1 is 1.11 bits per heavy atom. The van der Waals surface area contributed by atoms with Crippen LogP contribution in [0.4, 0.5) is 27.6 Å². The molecule has 14 heteroatoms. The minimum Gasteiger partial charge on any atom is -0.363 e. The van der Waals surface area contributed by atoms with Crippen LogP contribution < -0.4 is 10.6 Å². The summed E-state index contributed by atoms with van der Waals surface area (Å²) in [5.74, 6) is -4.13. The van der Waals surface area contributed by atoms with E-state index in [1.807, 2.05) is 0 Å². The molecule has 1 aliphatic heterocycles. The number of H-pyrrole nitrogens is 1. The average molecular weight is 602 g/mol. The molecule has 0 radical (unpaired) electrons. The van der Waals surface area contributed by atoms with E-state index >= 15 is 0 Å². The van der Waals surface area contributed by atoms with Gasteiger partial charge in [0, 0.05) is 27.1 Å². The number of hydrogen-bond donors (Lipinski definition) is 4. The maximum absolute atomic E-state index is 14.1. The van der Waals surface area contributed by atoms with Crippen molar-refractivity contribution in [2.45, 2.75) is 11.9 Å². The predicted octanol–water partition coefficient (Wildman–Crippen LogP) is 5.46. The number of carbonyl (C=O) groups is 2. The maximum atomic E-state index is 14.1. The third kappa shape index (κ3) is 4.12. The van der Waals surface area contributed by atoms with Crippen molar-refractivity contribution in [3.05, 3.63) is 91.5 Å². The summed E-state index contributed by atoms with van der Waals surface area (Å²) in [4.78, 5) is 26.0. The second kappa shape index (κ2) is 8.50. The van der Waals surface area contributed by atoms with E-state index in [2.05, 4.69) is 36.8 Å². The zero-order valence-electron chi connectivity index (χ0n) is 17.9. The number of nitrogens with zero attached hydrogens (tertiary/aromatic N) is 1. The normalized spacial score (nSPS) is 17.1. The Morgan fingerprint density at radius 2 is 1.84 bits per heavy atom. The summed E-state index contributed by atoms with van der Waals surface area (Å²) in [5.41, 5.74) is -5.35. The Morgan fingerprint density at radius 3 is 2.54 bits per heavy atom. The highest BCUT2D eigenvalue weighted by Gasteiger charge is 2.48. The molecule has 1 aromatic heterocycles. The molecule has 37 heavy (non-hydrogen) atoms. The maximum Gasteiger partial charge on any atom is 0.416 e. The highest BCUT2D eigenvalue weighted by Crippen LogP contribution is 2.46. The van der Waals surface area contributed by atoms with Gasteiger partial charge in [-0.3, -0.25) is 14.7 Å². The summed E-state index contributed by atoms with van der Waals surface area (Å²) in [7, 11) is 0. The van der Waals surface area contributed by atoms with Crippen LogP contribution in [0.3, 0.4) is 0 Å². The van der Waals surface area contributed by atoms with Crippen LogP contribution in [0.25, 0.3) is 10.9 Å². The van der Waals surface area contributed by atoms with Gasteiger partial charge in [-0.25, -0.2) is 8.78 Å². The van der Waals surface area contributed by atoms with Gasteiger partial charge < -0.3 is 15.7 Å². The van der Waals surface area contributed by atoms with Gasteiger partial charge >= 0.3 is 6.18 Å². The van der Waals surface area contributed by atoms with Gasteiger partial charge in [-0.15, -0.1) is 0 Å². The van der Waals surface area contributed by atoms with Crippen LogP contribution in [0.5, 0.6) is 0 Å². The highest BCUT2D eigenvalue weighted by molar-refractivity contribution is 9.10. The zero-order chi connectivity index (χ0) is 26.9. The van der Waals surface area contributed by atoms with E-state index in [0.717, 1.165) is 18.2 Å². The lowest BCUT2D eigenvalue weighted by atomic mass is 9.91. The number of benzene rings is 3. The molecule has 2 amide bonds. The quantitative estimate of drug-likeness (QED) is 0.234. The molecule has 0 saturated carbocycles. The highest BCUT2D eigenvalue weighted by atomic mass is 79.9. The molecule has 7 nitrogen and oxygen atoms in total. The van der Waals surface area contributed by atoms with Crippen LogP contribution in [-0.2, 0) is 11.9 Å². The first-order valence-corrected chi connectivity index (χ1v) is 11.4. The van der Waals surface area contributed by atoms with Crippen molar-refractivity contribution in [3.63, 3.8) is 0 Å². The Labute approximate surface area is 216 Å². The molecule has 1 aliphatic rings. The average Bonchev–Trinajstić information content (AvgIpc) is 3.31. The van der Waals surface area contributed by atoms with Gasteiger partial charge in [0.2, 0.25) is 0 Å². The summed E-state index contributed by atoms with van der Waals surface area (Å²) >= 11 is 9.39. The van der Waals surface area contributed by atoms with Crippen LogP contribution in [-0.4, -0.2) is 27.1 Å². The molecule has 2 heterocycles. The Bertz CT molecular complexity index is 1640. The van der Waals surface area contributed by atoms with E-state index in [1.54, 1.807) is 0 Å². The second-order valence-corrected chi connectivity index (χ2v) is 9.24. The van der Waals surface area contributed by atoms with Crippen molar-refractivity contribution in [2.75, 3.05) is 5.32 Å². The Kier molecular flexibility index (Phi) is 5.77. The molecule has 0 aliphatic carbocycles. The second-order valence-electron chi connectivity index (χ2n) is 8.08. The molecule has 1 atom stereocenters. The number of rotatable bonds is 3. The number of anilines is 1. The Hall–Kier alpha value is -3.55. The van der Waals surface area contributed by atoms with Gasteiger partial charge in [0.05, 0.1) is 22.3 Å². The van der Waals surface area contributed by atoms with Crippen molar-refractivity contribution in [1.29, 1.82) is 0 Å². The zero-order valence-corrected chi connectivity index (χ0v) is 20.2. The number of halogens is 7. The number of hydrogen-bond acceptors (Lipinski definition) is 4. The van der Waals surface area contributed by atoms with Gasteiger partial charge in [0.25, 0.3) is 11.8 Å². The molecule has 3 aromatic carbocycles. The fourth-order valence-electron chi connectivity index (χ4n) is 4.20. The van der Waals surface area contributed by atoms with Crippen molar-refractivity contribution in [3.8, 4) is 0 Å². The van der Waals surface area contributed by atoms with Crippen molar-refractivity contribution < 1.29 is 36.6 Å². The molecular weight excluding hydrogens is 591 g/mol. The van der Waals surface area contributed by atoms with E-state index in [9.17, 15) is 36.6 Å². The lowest BCUT2D eigenvalue weighted by Gasteiger charge is -2.27. The smallest absolute Gasteiger partial charge is 0.363 e. The molecule has 0 saturated heterocycles.